The highest BCUT2D eigenvalue weighted by Gasteiger charge is 2.44. The van der Waals surface area contributed by atoms with Gasteiger partial charge in [0, 0.05) is 23.7 Å². The Kier molecular flexibility index (Phi) is 7.44. The third-order valence-electron chi connectivity index (χ3n) is 12.3. The predicted molar refractivity (Wildman–Crippen MR) is 198 cm³/mol. The molecule has 1 fully saturated rings. The van der Waals surface area contributed by atoms with Crippen LogP contribution in [0.15, 0.2) is 149 Å². The van der Waals surface area contributed by atoms with Crippen LogP contribution in [0.5, 0.6) is 0 Å². The van der Waals surface area contributed by atoms with Crippen molar-refractivity contribution in [2.45, 2.75) is 63.1 Å². The highest BCUT2D eigenvalue weighted by Crippen LogP contribution is 2.52. The van der Waals surface area contributed by atoms with E-state index in [1.807, 2.05) is 0 Å². The van der Waals surface area contributed by atoms with Gasteiger partial charge in [0.2, 0.25) is 0 Å². The van der Waals surface area contributed by atoms with E-state index in [2.05, 4.69) is 143 Å². The first kappa shape index (κ1) is 29.7. The first-order chi connectivity index (χ1) is 24.2. The number of nitrogens with one attached hydrogen (secondary N) is 3. The van der Waals surface area contributed by atoms with Crippen molar-refractivity contribution in [3.05, 3.63) is 172 Å². The van der Waals surface area contributed by atoms with Gasteiger partial charge in [0.1, 0.15) is 11.9 Å². The summed E-state index contributed by atoms with van der Waals surface area (Å²) in [6.07, 6.45) is 37.9. The van der Waals surface area contributed by atoms with Crippen LogP contribution in [0.2, 0.25) is 0 Å². The van der Waals surface area contributed by atoms with Crippen LogP contribution in [0.3, 0.4) is 0 Å². The van der Waals surface area contributed by atoms with Crippen molar-refractivity contribution in [3.8, 4) is 0 Å². The highest BCUT2D eigenvalue weighted by atomic mass is 16.5. The van der Waals surface area contributed by atoms with Gasteiger partial charge < -0.3 is 4.74 Å². The van der Waals surface area contributed by atoms with Crippen molar-refractivity contribution >= 4 is 6.08 Å². The fraction of sp³-hybridized carbons (Fsp3) is 0.333. The third-order valence-corrected chi connectivity index (χ3v) is 12.3. The molecule has 0 amide bonds. The maximum absolute atomic E-state index is 6.44. The van der Waals surface area contributed by atoms with E-state index >= 15 is 0 Å². The largest absolute Gasteiger partial charge is 0.485 e. The van der Waals surface area contributed by atoms with Crippen LogP contribution in [0.1, 0.15) is 66.7 Å². The van der Waals surface area contributed by atoms with E-state index < -0.39 is 0 Å². The molecule has 9 atom stereocenters. The van der Waals surface area contributed by atoms with E-state index in [0.717, 1.165) is 37.9 Å². The van der Waals surface area contributed by atoms with Gasteiger partial charge in [0.05, 0.1) is 18.5 Å². The number of hydrogen-bond acceptors (Lipinski definition) is 4. The second-order valence-corrected chi connectivity index (χ2v) is 15.1. The minimum atomic E-state index is 0.0754. The Labute approximate surface area is 290 Å². The topological polar surface area (TPSA) is 45.3 Å². The van der Waals surface area contributed by atoms with Crippen LogP contribution in [0, 0.1) is 29.6 Å². The Hall–Kier alpha value is -4.22. The van der Waals surface area contributed by atoms with Crippen molar-refractivity contribution in [1.82, 2.24) is 16.0 Å². The van der Waals surface area contributed by atoms with E-state index in [4.69, 9.17) is 4.74 Å². The van der Waals surface area contributed by atoms with Gasteiger partial charge in [-0.2, -0.15) is 0 Å². The average molecular weight is 644 g/mol. The maximum atomic E-state index is 6.44. The van der Waals surface area contributed by atoms with Crippen molar-refractivity contribution in [2.24, 2.45) is 29.6 Å². The zero-order chi connectivity index (χ0) is 32.3. The number of benzene rings is 2. The van der Waals surface area contributed by atoms with Crippen LogP contribution in [-0.2, 0) is 11.2 Å². The molecule has 0 radical (unpaired) electrons. The number of rotatable bonds is 4. The maximum Gasteiger partial charge on any atom is 0.127 e. The molecule has 4 heteroatoms. The summed E-state index contributed by atoms with van der Waals surface area (Å²) in [5, 5.41) is 12.0. The number of fused-ring (bicyclic) bond motifs is 6. The van der Waals surface area contributed by atoms with Crippen LogP contribution in [-0.4, -0.2) is 12.3 Å². The quantitative estimate of drug-likeness (QED) is 0.292. The molecular weight excluding hydrogens is 599 g/mol. The van der Waals surface area contributed by atoms with Gasteiger partial charge in [0.25, 0.3) is 0 Å². The lowest BCUT2D eigenvalue weighted by atomic mass is 9.65. The Morgan fingerprint density at radius 1 is 0.735 bits per heavy atom. The van der Waals surface area contributed by atoms with Crippen LogP contribution < -0.4 is 16.0 Å². The fourth-order valence-corrected chi connectivity index (χ4v) is 9.78. The monoisotopic (exact) mass is 643 g/mol. The summed E-state index contributed by atoms with van der Waals surface area (Å²) in [5.41, 5.74) is 11.5. The van der Waals surface area contributed by atoms with Crippen molar-refractivity contribution in [2.75, 3.05) is 0 Å². The Balaban J connectivity index is 0.886. The summed E-state index contributed by atoms with van der Waals surface area (Å²) < 4.78 is 6.44. The first-order valence-corrected chi connectivity index (χ1v) is 18.6. The lowest BCUT2D eigenvalue weighted by molar-refractivity contribution is 0.144. The van der Waals surface area contributed by atoms with E-state index in [9.17, 15) is 0 Å². The highest BCUT2D eigenvalue weighted by molar-refractivity contribution is 5.58. The molecule has 9 unspecified atom stereocenters. The Morgan fingerprint density at radius 3 is 2.55 bits per heavy atom. The molecule has 2 aromatic rings. The summed E-state index contributed by atoms with van der Waals surface area (Å²) in [6, 6.07) is 18.0. The molecule has 3 N–H and O–H groups in total. The lowest BCUT2D eigenvalue weighted by Crippen LogP contribution is -2.61. The second-order valence-electron chi connectivity index (χ2n) is 15.1. The summed E-state index contributed by atoms with van der Waals surface area (Å²) >= 11 is 0. The molecule has 49 heavy (non-hydrogen) atoms. The van der Waals surface area contributed by atoms with Crippen LogP contribution in [0.4, 0.5) is 0 Å². The predicted octanol–water partition coefficient (Wildman–Crippen LogP) is 8.82. The number of hydrogen-bond donors (Lipinski definition) is 3. The summed E-state index contributed by atoms with van der Waals surface area (Å²) in [5.74, 6) is 3.20. The molecule has 246 valence electrons. The van der Waals surface area contributed by atoms with Gasteiger partial charge in [-0.3, -0.25) is 16.0 Å². The number of allylic oxidation sites excluding steroid dienone is 13. The molecular formula is C45H45N3O. The normalized spacial score (nSPS) is 35.3. The molecule has 2 aromatic carbocycles. The molecule has 0 bridgehead atoms. The SMILES string of the molecule is C1=CC2OC3=C(C2C=C1)C1C2=C(C=CC1C=C3)CC(C1=CCCC(C3NC(c4ccccc4)NC(c4ccc5c(c4)C=CCC5)N3)C1)C=C2. The van der Waals surface area contributed by atoms with Crippen molar-refractivity contribution in [3.63, 3.8) is 0 Å². The molecule has 10 rings (SSSR count). The van der Waals surface area contributed by atoms with Crippen molar-refractivity contribution in [1.29, 1.82) is 0 Å². The van der Waals surface area contributed by atoms with E-state index in [0.29, 0.717) is 29.6 Å². The zero-order valence-electron chi connectivity index (χ0n) is 28.0. The smallest absolute Gasteiger partial charge is 0.127 e. The Bertz CT molecular complexity index is 1940. The van der Waals surface area contributed by atoms with Gasteiger partial charge in [-0.15, -0.1) is 0 Å². The molecule has 4 nitrogen and oxygen atoms in total. The van der Waals surface area contributed by atoms with E-state index in [1.165, 1.54) is 45.4 Å². The van der Waals surface area contributed by atoms with Gasteiger partial charge >= 0.3 is 0 Å². The fourth-order valence-electron chi connectivity index (χ4n) is 9.78. The molecule has 0 spiro atoms. The van der Waals surface area contributed by atoms with Gasteiger partial charge in [0.15, 0.2) is 0 Å². The van der Waals surface area contributed by atoms with Crippen molar-refractivity contribution < 1.29 is 4.74 Å². The van der Waals surface area contributed by atoms with Gasteiger partial charge in [-0.1, -0.05) is 115 Å². The molecule has 2 heterocycles. The summed E-state index contributed by atoms with van der Waals surface area (Å²) in [7, 11) is 0. The summed E-state index contributed by atoms with van der Waals surface area (Å²) in [4.78, 5) is 0. The molecule has 0 aromatic heterocycles. The molecule has 8 aliphatic rings. The molecule has 1 saturated heterocycles. The Morgan fingerprint density at radius 2 is 1.61 bits per heavy atom. The first-order valence-electron chi connectivity index (χ1n) is 18.6. The second kappa shape index (κ2) is 12.3. The van der Waals surface area contributed by atoms with Crippen LogP contribution in [0.25, 0.3) is 6.08 Å². The minimum Gasteiger partial charge on any atom is -0.485 e. The molecule has 0 saturated carbocycles. The number of ether oxygens (including phenoxy) is 1. The van der Waals surface area contributed by atoms with Gasteiger partial charge in [-0.25, -0.2) is 0 Å². The van der Waals surface area contributed by atoms with E-state index in [-0.39, 0.29) is 24.6 Å². The molecule has 2 aliphatic heterocycles. The van der Waals surface area contributed by atoms with Gasteiger partial charge in [-0.05, 0) is 102 Å². The minimum absolute atomic E-state index is 0.0754. The molecule has 6 aliphatic carbocycles. The zero-order valence-corrected chi connectivity index (χ0v) is 28.0. The number of aryl methyl sites for hydroxylation is 1. The van der Waals surface area contributed by atoms with Crippen LogP contribution >= 0.6 is 0 Å². The average Bonchev–Trinajstić information content (AvgIpc) is 3.56. The third kappa shape index (κ3) is 5.33. The lowest BCUT2D eigenvalue weighted by Gasteiger charge is -2.44. The summed E-state index contributed by atoms with van der Waals surface area (Å²) in [6.45, 7) is 0. The standard InChI is InChI=1S/C45H45N3O/c1-2-10-30(11-3-1)43-46-44(48-45(47-43)36-20-17-28-9-4-5-12-31(28)26-36)35-14-8-13-32(27-35)33-21-23-37-34(25-33)19-18-29-22-24-40-42(41(29)37)38-15-6-7-16-39(38)49-40/h1-3,5-7,10-13,15-24,26,29,33,35,38-39,41,43-48H,4,8-9,14,25,27H2. The van der Waals surface area contributed by atoms with E-state index in [1.54, 1.807) is 5.57 Å².